The summed E-state index contributed by atoms with van der Waals surface area (Å²) in [6, 6.07) is 0. The van der Waals surface area contributed by atoms with Crippen LogP contribution in [0.3, 0.4) is 0 Å². The van der Waals surface area contributed by atoms with E-state index in [1.54, 1.807) is 7.05 Å². The van der Waals surface area contributed by atoms with Crippen LogP contribution in [-0.4, -0.2) is 25.1 Å². The topological polar surface area (TPSA) is 38.3 Å². The van der Waals surface area contributed by atoms with Crippen molar-refractivity contribution >= 4 is 21.9 Å². The van der Waals surface area contributed by atoms with Gasteiger partial charge in [-0.25, -0.2) is 4.79 Å². The molecule has 3 nitrogen and oxygen atoms in total. The first-order valence-electron chi connectivity index (χ1n) is 2.11. The Hall–Kier alpha value is -0.0900. The van der Waals surface area contributed by atoms with Crippen LogP contribution < -0.4 is 5.32 Å². The predicted molar refractivity (Wildman–Crippen MR) is 33.8 cm³/mol. The highest BCUT2D eigenvalue weighted by molar-refractivity contribution is 9.09. The molecule has 0 aromatic heterocycles. The predicted octanol–water partition coefficient (Wildman–Crippen LogP) is 0.0998. The van der Waals surface area contributed by atoms with Crippen molar-refractivity contribution in [3.8, 4) is 0 Å². The van der Waals surface area contributed by atoms with Crippen LogP contribution in [0.5, 0.6) is 0 Å². The second-order valence-electron chi connectivity index (χ2n) is 1.17. The van der Waals surface area contributed by atoms with Crippen molar-refractivity contribution in [3.63, 3.8) is 0 Å². The molecule has 4 heteroatoms. The lowest BCUT2D eigenvalue weighted by atomic mass is 10.7. The number of likely N-dealkylation sites (N-methyl/N-ethyl adjacent to an activating group) is 1. The Morgan fingerprint density at radius 3 is 2.50 bits per heavy atom. The molecule has 1 atom stereocenters. The lowest BCUT2D eigenvalue weighted by molar-refractivity contribution is -0.140. The van der Waals surface area contributed by atoms with Gasteiger partial charge in [0, 0.05) is 0 Å². The fourth-order valence-corrected chi connectivity index (χ4v) is 0.408. The van der Waals surface area contributed by atoms with Crippen molar-refractivity contribution < 1.29 is 9.53 Å². The number of carbonyl (C=O) groups excluding carboxylic acids is 1. The first-order valence-corrected chi connectivity index (χ1v) is 3.03. The molecular formula is C4H8BrNO2. The summed E-state index contributed by atoms with van der Waals surface area (Å²) >= 11 is 3.02. The molecule has 0 fully saturated rings. The number of nitrogens with one attached hydrogen (secondary N) is 1. The smallest absolute Gasteiger partial charge is 0.333 e. The molecule has 1 unspecified atom stereocenters. The average molecular weight is 182 g/mol. The monoisotopic (exact) mass is 181 g/mol. The van der Waals surface area contributed by atoms with Gasteiger partial charge in [0.25, 0.3) is 0 Å². The van der Waals surface area contributed by atoms with E-state index in [1.807, 2.05) is 0 Å². The molecule has 0 aliphatic carbocycles. The molecule has 0 aromatic rings. The molecule has 0 heterocycles. The summed E-state index contributed by atoms with van der Waals surface area (Å²) in [6.45, 7) is 0. The molecule has 0 aliphatic heterocycles. The van der Waals surface area contributed by atoms with E-state index < -0.39 is 0 Å². The molecule has 0 spiro atoms. The average Bonchev–Trinajstić information content (AvgIpc) is 1.84. The van der Waals surface area contributed by atoms with Crippen LogP contribution in [0, 0.1) is 0 Å². The molecule has 0 aromatic carbocycles. The van der Waals surface area contributed by atoms with Crippen LogP contribution in [0.15, 0.2) is 0 Å². The van der Waals surface area contributed by atoms with Gasteiger partial charge >= 0.3 is 5.97 Å². The number of hydrogen-bond donors (Lipinski definition) is 1. The van der Waals surface area contributed by atoms with Gasteiger partial charge in [0.05, 0.1) is 7.11 Å². The Labute approximate surface area is 56.5 Å². The third-order valence-electron chi connectivity index (χ3n) is 0.662. The molecule has 0 saturated carbocycles. The lowest BCUT2D eigenvalue weighted by Crippen LogP contribution is -2.28. The zero-order chi connectivity index (χ0) is 6.57. The van der Waals surface area contributed by atoms with Crippen LogP contribution in [0.1, 0.15) is 0 Å². The number of alkyl halides is 1. The van der Waals surface area contributed by atoms with Crippen molar-refractivity contribution in [2.75, 3.05) is 14.2 Å². The molecule has 0 rings (SSSR count). The van der Waals surface area contributed by atoms with Crippen molar-refractivity contribution in [2.45, 2.75) is 4.95 Å². The summed E-state index contributed by atoms with van der Waals surface area (Å²) in [6.07, 6.45) is 0. The van der Waals surface area contributed by atoms with Crippen LogP contribution in [0.4, 0.5) is 0 Å². The Balaban J connectivity index is 3.46. The fourth-order valence-electron chi connectivity index (χ4n) is 0.221. The van der Waals surface area contributed by atoms with E-state index in [9.17, 15) is 4.79 Å². The molecular weight excluding hydrogens is 174 g/mol. The van der Waals surface area contributed by atoms with E-state index in [1.165, 1.54) is 7.11 Å². The summed E-state index contributed by atoms with van der Waals surface area (Å²) in [5.74, 6) is -0.312. The van der Waals surface area contributed by atoms with Gasteiger partial charge < -0.3 is 4.74 Å². The second kappa shape index (κ2) is 3.86. The second-order valence-corrected chi connectivity index (χ2v) is 2.09. The van der Waals surface area contributed by atoms with Crippen LogP contribution in [-0.2, 0) is 9.53 Å². The number of esters is 1. The third-order valence-corrected chi connectivity index (χ3v) is 1.49. The van der Waals surface area contributed by atoms with Gasteiger partial charge in [-0.1, -0.05) is 15.9 Å². The van der Waals surface area contributed by atoms with E-state index >= 15 is 0 Å². The van der Waals surface area contributed by atoms with E-state index in [4.69, 9.17) is 0 Å². The standard InChI is InChI=1S/C4H8BrNO2/c1-6-3(5)4(7)8-2/h3,6H,1-2H3. The Bertz CT molecular complexity index is 86.1. The molecule has 48 valence electrons. The maximum Gasteiger partial charge on any atom is 0.333 e. The number of hydrogen-bond acceptors (Lipinski definition) is 3. The first kappa shape index (κ1) is 7.91. The van der Waals surface area contributed by atoms with E-state index in [-0.39, 0.29) is 10.9 Å². The van der Waals surface area contributed by atoms with Gasteiger partial charge in [-0.15, -0.1) is 0 Å². The normalized spacial score (nSPS) is 12.9. The highest BCUT2D eigenvalue weighted by Crippen LogP contribution is 1.94. The van der Waals surface area contributed by atoms with Gasteiger partial charge in [0.2, 0.25) is 0 Å². The van der Waals surface area contributed by atoms with E-state index in [0.717, 1.165) is 0 Å². The lowest BCUT2D eigenvalue weighted by Gasteiger charge is -2.02. The van der Waals surface area contributed by atoms with E-state index in [2.05, 4.69) is 26.0 Å². The molecule has 0 amide bonds. The first-order chi connectivity index (χ1) is 3.72. The number of rotatable bonds is 2. The minimum absolute atomic E-state index is 0.312. The zero-order valence-electron chi connectivity index (χ0n) is 4.77. The summed E-state index contributed by atoms with van der Waals surface area (Å²) < 4.78 is 4.35. The molecule has 0 radical (unpaired) electrons. The van der Waals surface area contributed by atoms with Crippen LogP contribution in [0.2, 0.25) is 0 Å². The van der Waals surface area contributed by atoms with Gasteiger partial charge in [0.15, 0.2) is 4.95 Å². The van der Waals surface area contributed by atoms with Crippen molar-refractivity contribution in [3.05, 3.63) is 0 Å². The fraction of sp³-hybridized carbons (Fsp3) is 0.750. The molecule has 8 heavy (non-hydrogen) atoms. The van der Waals surface area contributed by atoms with Crippen LogP contribution in [0.25, 0.3) is 0 Å². The largest absolute Gasteiger partial charge is 0.467 e. The Morgan fingerprint density at radius 2 is 2.38 bits per heavy atom. The molecule has 0 saturated heterocycles. The molecule has 1 N–H and O–H groups in total. The minimum atomic E-state index is -0.382. The quantitative estimate of drug-likeness (QED) is 0.374. The third kappa shape index (κ3) is 2.28. The summed E-state index contributed by atoms with van der Waals surface area (Å²) in [5.41, 5.74) is 0. The van der Waals surface area contributed by atoms with Crippen molar-refractivity contribution in [1.29, 1.82) is 0 Å². The zero-order valence-corrected chi connectivity index (χ0v) is 6.36. The van der Waals surface area contributed by atoms with E-state index in [0.29, 0.717) is 0 Å². The SMILES string of the molecule is CNC(Br)C(=O)OC. The maximum absolute atomic E-state index is 10.4. The van der Waals surface area contributed by atoms with Gasteiger partial charge in [-0.2, -0.15) is 0 Å². The van der Waals surface area contributed by atoms with Gasteiger partial charge in [0.1, 0.15) is 0 Å². The van der Waals surface area contributed by atoms with Crippen molar-refractivity contribution in [2.24, 2.45) is 0 Å². The molecule has 0 bridgehead atoms. The summed E-state index contributed by atoms with van der Waals surface area (Å²) in [5, 5.41) is 2.66. The number of carbonyl (C=O) groups is 1. The molecule has 0 aliphatic rings. The Morgan fingerprint density at radius 1 is 1.88 bits per heavy atom. The maximum atomic E-state index is 10.4. The Kier molecular flexibility index (Phi) is 3.81. The number of methoxy groups -OCH3 is 1. The highest BCUT2D eigenvalue weighted by Gasteiger charge is 2.10. The summed E-state index contributed by atoms with van der Waals surface area (Å²) in [4.78, 5) is 10.0. The van der Waals surface area contributed by atoms with Gasteiger partial charge in [-0.3, -0.25) is 5.32 Å². The summed E-state index contributed by atoms with van der Waals surface area (Å²) in [7, 11) is 3.00. The highest BCUT2D eigenvalue weighted by atomic mass is 79.9. The van der Waals surface area contributed by atoms with Crippen LogP contribution >= 0.6 is 15.9 Å². The van der Waals surface area contributed by atoms with Crippen molar-refractivity contribution in [1.82, 2.24) is 5.32 Å². The minimum Gasteiger partial charge on any atom is -0.467 e. The van der Waals surface area contributed by atoms with Gasteiger partial charge in [-0.05, 0) is 7.05 Å². The number of halogens is 1. The number of ether oxygens (including phenoxy) is 1.